The first-order valence-corrected chi connectivity index (χ1v) is 5.63. The second-order valence-electron chi connectivity index (χ2n) is 3.71. The maximum Gasteiger partial charge on any atom is 0.376 e. The van der Waals surface area contributed by atoms with Crippen molar-refractivity contribution < 1.29 is 9.53 Å². The van der Waals surface area contributed by atoms with Crippen LogP contribution in [-0.2, 0) is 11.3 Å². The van der Waals surface area contributed by atoms with Crippen LogP contribution in [0.1, 0.15) is 22.1 Å². The summed E-state index contributed by atoms with van der Waals surface area (Å²) in [6.07, 6.45) is 3.19. The normalized spacial score (nSPS) is 10.0. The Hall–Kier alpha value is -2.57. The SMILES string of the molecule is COC(=O)c1nccc(NCc2ccnc(C)n2)n1. The minimum atomic E-state index is -0.568. The fourth-order valence-corrected chi connectivity index (χ4v) is 1.43. The van der Waals surface area contributed by atoms with E-state index in [1.54, 1.807) is 12.3 Å². The number of esters is 1. The van der Waals surface area contributed by atoms with Gasteiger partial charge in [-0.3, -0.25) is 0 Å². The molecule has 0 saturated heterocycles. The van der Waals surface area contributed by atoms with E-state index in [0.717, 1.165) is 5.69 Å². The van der Waals surface area contributed by atoms with E-state index in [4.69, 9.17) is 0 Å². The van der Waals surface area contributed by atoms with Gasteiger partial charge in [-0.25, -0.2) is 24.7 Å². The fraction of sp³-hybridized carbons (Fsp3) is 0.250. The number of nitrogens with one attached hydrogen (secondary N) is 1. The average molecular weight is 259 g/mol. The Bertz CT molecular complexity index is 588. The summed E-state index contributed by atoms with van der Waals surface area (Å²) in [7, 11) is 1.29. The van der Waals surface area contributed by atoms with Crippen molar-refractivity contribution in [2.45, 2.75) is 13.5 Å². The van der Waals surface area contributed by atoms with Crippen molar-refractivity contribution in [2.75, 3.05) is 12.4 Å². The zero-order valence-corrected chi connectivity index (χ0v) is 10.6. The molecular formula is C12H13N5O2. The Morgan fingerprint density at radius 3 is 2.79 bits per heavy atom. The lowest BCUT2D eigenvalue weighted by atomic mass is 10.4. The Balaban J connectivity index is 2.05. The lowest BCUT2D eigenvalue weighted by Crippen LogP contribution is -2.10. The average Bonchev–Trinajstić information content (AvgIpc) is 2.45. The molecule has 2 rings (SSSR count). The first-order chi connectivity index (χ1) is 9.19. The lowest BCUT2D eigenvalue weighted by Gasteiger charge is -2.06. The largest absolute Gasteiger partial charge is 0.463 e. The number of nitrogens with zero attached hydrogens (tertiary/aromatic N) is 4. The van der Waals surface area contributed by atoms with Gasteiger partial charge in [0.1, 0.15) is 11.6 Å². The van der Waals surface area contributed by atoms with Crippen LogP contribution in [0.3, 0.4) is 0 Å². The second-order valence-corrected chi connectivity index (χ2v) is 3.71. The van der Waals surface area contributed by atoms with Gasteiger partial charge in [-0.2, -0.15) is 0 Å². The predicted octanol–water partition coefficient (Wildman–Crippen LogP) is 0.974. The lowest BCUT2D eigenvalue weighted by molar-refractivity contribution is 0.0587. The van der Waals surface area contributed by atoms with E-state index in [2.05, 4.69) is 30.0 Å². The third-order valence-corrected chi connectivity index (χ3v) is 2.31. The van der Waals surface area contributed by atoms with Crippen molar-refractivity contribution in [1.29, 1.82) is 0 Å². The number of anilines is 1. The summed E-state index contributed by atoms with van der Waals surface area (Å²) in [6, 6.07) is 3.48. The highest BCUT2D eigenvalue weighted by Gasteiger charge is 2.09. The molecule has 0 aliphatic heterocycles. The number of methoxy groups -OCH3 is 1. The smallest absolute Gasteiger partial charge is 0.376 e. The number of ether oxygens (including phenoxy) is 1. The molecule has 0 unspecified atom stereocenters. The van der Waals surface area contributed by atoms with Crippen molar-refractivity contribution in [3.63, 3.8) is 0 Å². The van der Waals surface area contributed by atoms with Crippen molar-refractivity contribution >= 4 is 11.8 Å². The molecule has 0 amide bonds. The van der Waals surface area contributed by atoms with Gasteiger partial charge >= 0.3 is 5.97 Å². The number of rotatable bonds is 4. The van der Waals surface area contributed by atoms with Gasteiger partial charge in [0.25, 0.3) is 0 Å². The van der Waals surface area contributed by atoms with Crippen LogP contribution in [0, 0.1) is 6.92 Å². The van der Waals surface area contributed by atoms with E-state index in [1.807, 2.05) is 13.0 Å². The molecule has 2 aromatic heterocycles. The standard InChI is InChI=1S/C12H13N5O2/c1-8-13-5-3-9(16-8)7-15-10-4-6-14-11(17-10)12(18)19-2/h3-6H,7H2,1-2H3,(H,14,15,17). The highest BCUT2D eigenvalue weighted by Crippen LogP contribution is 2.05. The summed E-state index contributed by atoms with van der Waals surface area (Å²) in [5.41, 5.74) is 0.839. The zero-order chi connectivity index (χ0) is 13.7. The molecule has 2 aromatic rings. The van der Waals surface area contributed by atoms with Crippen LogP contribution >= 0.6 is 0 Å². The maximum atomic E-state index is 11.3. The van der Waals surface area contributed by atoms with Gasteiger partial charge in [-0.1, -0.05) is 0 Å². The Morgan fingerprint density at radius 2 is 2.05 bits per heavy atom. The molecule has 0 atom stereocenters. The Kier molecular flexibility index (Phi) is 3.97. The van der Waals surface area contributed by atoms with Gasteiger partial charge in [0, 0.05) is 12.4 Å². The molecule has 0 aliphatic carbocycles. The molecule has 0 aromatic carbocycles. The molecule has 0 fully saturated rings. The highest BCUT2D eigenvalue weighted by atomic mass is 16.5. The molecule has 0 bridgehead atoms. The quantitative estimate of drug-likeness (QED) is 0.818. The molecule has 19 heavy (non-hydrogen) atoms. The zero-order valence-electron chi connectivity index (χ0n) is 10.6. The second kappa shape index (κ2) is 5.85. The molecule has 0 spiro atoms. The van der Waals surface area contributed by atoms with Crippen LogP contribution in [0.2, 0.25) is 0 Å². The van der Waals surface area contributed by atoms with Crippen molar-refractivity contribution in [3.8, 4) is 0 Å². The van der Waals surface area contributed by atoms with Crippen LogP contribution in [-0.4, -0.2) is 33.0 Å². The molecule has 0 radical (unpaired) electrons. The first-order valence-electron chi connectivity index (χ1n) is 5.63. The summed E-state index contributed by atoms with van der Waals surface area (Å²) in [6.45, 7) is 2.31. The molecule has 7 nitrogen and oxygen atoms in total. The highest BCUT2D eigenvalue weighted by molar-refractivity contribution is 5.85. The molecule has 0 aliphatic rings. The number of aryl methyl sites for hydroxylation is 1. The van der Waals surface area contributed by atoms with Crippen LogP contribution in [0.25, 0.3) is 0 Å². The van der Waals surface area contributed by atoms with Gasteiger partial charge in [0.2, 0.25) is 5.82 Å². The van der Waals surface area contributed by atoms with Gasteiger partial charge in [0.05, 0.1) is 19.3 Å². The number of aromatic nitrogens is 4. The van der Waals surface area contributed by atoms with Gasteiger partial charge in [0.15, 0.2) is 0 Å². The van der Waals surface area contributed by atoms with E-state index >= 15 is 0 Å². The third-order valence-electron chi connectivity index (χ3n) is 2.31. The number of carbonyl (C=O) groups is 1. The molecule has 1 N–H and O–H groups in total. The summed E-state index contributed by atoms with van der Waals surface area (Å²) in [4.78, 5) is 27.4. The third kappa shape index (κ3) is 3.44. The van der Waals surface area contributed by atoms with E-state index in [0.29, 0.717) is 18.2 Å². The summed E-state index contributed by atoms with van der Waals surface area (Å²) >= 11 is 0. The van der Waals surface area contributed by atoms with E-state index in [9.17, 15) is 4.79 Å². The van der Waals surface area contributed by atoms with Gasteiger partial charge < -0.3 is 10.1 Å². The number of carbonyl (C=O) groups excluding carboxylic acids is 1. The molecule has 0 saturated carbocycles. The van der Waals surface area contributed by atoms with Crippen LogP contribution in [0.15, 0.2) is 24.5 Å². The molecule has 98 valence electrons. The fourth-order valence-electron chi connectivity index (χ4n) is 1.43. The van der Waals surface area contributed by atoms with E-state index < -0.39 is 5.97 Å². The van der Waals surface area contributed by atoms with Crippen LogP contribution < -0.4 is 5.32 Å². The van der Waals surface area contributed by atoms with Crippen LogP contribution in [0.4, 0.5) is 5.82 Å². The number of hydrogen-bond donors (Lipinski definition) is 1. The first kappa shape index (κ1) is 12.9. The van der Waals surface area contributed by atoms with Crippen molar-refractivity contribution in [1.82, 2.24) is 19.9 Å². The monoisotopic (exact) mass is 259 g/mol. The molecule has 2 heterocycles. The van der Waals surface area contributed by atoms with Crippen molar-refractivity contribution in [3.05, 3.63) is 41.9 Å². The minimum absolute atomic E-state index is 0.0198. The number of hydrogen-bond acceptors (Lipinski definition) is 7. The van der Waals surface area contributed by atoms with Crippen molar-refractivity contribution in [2.24, 2.45) is 0 Å². The minimum Gasteiger partial charge on any atom is -0.463 e. The molecular weight excluding hydrogens is 246 g/mol. The maximum absolute atomic E-state index is 11.3. The van der Waals surface area contributed by atoms with E-state index in [1.165, 1.54) is 13.3 Å². The van der Waals surface area contributed by atoms with Gasteiger partial charge in [-0.15, -0.1) is 0 Å². The summed E-state index contributed by atoms with van der Waals surface area (Å²) < 4.78 is 4.56. The van der Waals surface area contributed by atoms with E-state index in [-0.39, 0.29) is 5.82 Å². The summed E-state index contributed by atoms with van der Waals surface area (Å²) in [5.74, 6) is 0.691. The predicted molar refractivity (Wildman–Crippen MR) is 67.5 cm³/mol. The molecule has 7 heteroatoms. The van der Waals surface area contributed by atoms with Crippen LogP contribution in [0.5, 0.6) is 0 Å². The Morgan fingerprint density at radius 1 is 1.26 bits per heavy atom. The topological polar surface area (TPSA) is 89.9 Å². The summed E-state index contributed by atoms with van der Waals surface area (Å²) in [5, 5.41) is 3.06. The van der Waals surface area contributed by atoms with Gasteiger partial charge in [-0.05, 0) is 19.1 Å². The Labute approximate surface area is 110 Å².